The number of hydrogen-bond donors (Lipinski definition) is 1. The van der Waals surface area contributed by atoms with Crippen molar-refractivity contribution in [1.29, 1.82) is 0 Å². The Morgan fingerprint density at radius 2 is 1.32 bits per heavy atom. The van der Waals surface area contributed by atoms with Gasteiger partial charge < -0.3 is 9.84 Å². The van der Waals surface area contributed by atoms with Crippen molar-refractivity contribution in [3.8, 4) is 11.5 Å². The van der Waals surface area contributed by atoms with Gasteiger partial charge in [0, 0.05) is 9.79 Å². The standard InChI is InChI=1S/C19H16O2S/c20-16-6-10-18(11-7-16)22-19-12-8-17(9-13-19)21-14-15-4-2-1-3-5-15/h1-13,20H,14H2. The van der Waals surface area contributed by atoms with Crippen molar-refractivity contribution in [2.75, 3.05) is 0 Å². The maximum atomic E-state index is 9.29. The van der Waals surface area contributed by atoms with Crippen molar-refractivity contribution in [1.82, 2.24) is 0 Å². The first-order valence-corrected chi connectivity index (χ1v) is 7.85. The first-order chi connectivity index (χ1) is 10.8. The van der Waals surface area contributed by atoms with Crippen molar-refractivity contribution in [2.45, 2.75) is 16.4 Å². The number of phenolic OH excluding ortho intramolecular Hbond substituents is 1. The number of aromatic hydroxyl groups is 1. The van der Waals surface area contributed by atoms with E-state index in [-0.39, 0.29) is 5.75 Å². The molecule has 1 N–H and O–H groups in total. The maximum absolute atomic E-state index is 9.29. The van der Waals surface area contributed by atoms with Crippen molar-refractivity contribution in [2.24, 2.45) is 0 Å². The minimum atomic E-state index is 0.286. The molecule has 0 amide bonds. The zero-order chi connectivity index (χ0) is 15.2. The summed E-state index contributed by atoms with van der Waals surface area (Å²) in [6.07, 6.45) is 0. The van der Waals surface area contributed by atoms with E-state index in [0.717, 1.165) is 21.1 Å². The quantitative estimate of drug-likeness (QED) is 0.709. The molecule has 2 nitrogen and oxygen atoms in total. The molecule has 0 aliphatic heterocycles. The third kappa shape index (κ3) is 4.06. The molecule has 0 aliphatic carbocycles. The highest BCUT2D eigenvalue weighted by Gasteiger charge is 2.00. The van der Waals surface area contributed by atoms with Gasteiger partial charge in [-0.1, -0.05) is 42.1 Å². The van der Waals surface area contributed by atoms with Gasteiger partial charge in [0.1, 0.15) is 18.1 Å². The molecule has 3 aromatic rings. The Morgan fingerprint density at radius 1 is 0.727 bits per heavy atom. The molecule has 0 spiro atoms. The first kappa shape index (κ1) is 14.5. The first-order valence-electron chi connectivity index (χ1n) is 7.03. The maximum Gasteiger partial charge on any atom is 0.119 e. The van der Waals surface area contributed by atoms with Gasteiger partial charge in [-0.05, 0) is 54.1 Å². The molecule has 0 atom stereocenters. The second-order valence-corrected chi connectivity index (χ2v) is 5.99. The summed E-state index contributed by atoms with van der Waals surface area (Å²) in [7, 11) is 0. The average molecular weight is 308 g/mol. The number of ether oxygens (including phenoxy) is 1. The van der Waals surface area contributed by atoms with Gasteiger partial charge in [-0.2, -0.15) is 0 Å². The summed E-state index contributed by atoms with van der Waals surface area (Å²) in [6.45, 7) is 0.575. The van der Waals surface area contributed by atoms with E-state index in [1.807, 2.05) is 54.6 Å². The molecule has 22 heavy (non-hydrogen) atoms. The molecule has 0 unspecified atom stereocenters. The van der Waals surface area contributed by atoms with Crippen LogP contribution in [0.25, 0.3) is 0 Å². The molecule has 0 aromatic heterocycles. The zero-order valence-electron chi connectivity index (χ0n) is 12.0. The Labute approximate surface area is 134 Å². The molecule has 110 valence electrons. The lowest BCUT2D eigenvalue weighted by atomic mass is 10.2. The molecule has 0 saturated heterocycles. The topological polar surface area (TPSA) is 29.5 Å². The predicted molar refractivity (Wildman–Crippen MR) is 89.4 cm³/mol. The number of hydrogen-bond acceptors (Lipinski definition) is 3. The second-order valence-electron chi connectivity index (χ2n) is 4.84. The molecule has 0 bridgehead atoms. The van der Waals surface area contributed by atoms with Crippen LogP contribution in [0.5, 0.6) is 11.5 Å². The Morgan fingerprint density at radius 3 is 1.95 bits per heavy atom. The van der Waals surface area contributed by atoms with E-state index in [9.17, 15) is 5.11 Å². The molecule has 0 fully saturated rings. The van der Waals surface area contributed by atoms with Crippen LogP contribution in [0.1, 0.15) is 5.56 Å². The number of benzene rings is 3. The highest BCUT2D eigenvalue weighted by molar-refractivity contribution is 7.99. The van der Waals surface area contributed by atoms with Gasteiger partial charge in [-0.15, -0.1) is 0 Å². The fourth-order valence-electron chi connectivity index (χ4n) is 2.00. The van der Waals surface area contributed by atoms with Crippen LogP contribution in [-0.2, 0) is 6.61 Å². The Kier molecular flexibility index (Phi) is 4.66. The van der Waals surface area contributed by atoms with Crippen LogP contribution < -0.4 is 4.74 Å². The van der Waals surface area contributed by atoms with Crippen LogP contribution in [0.3, 0.4) is 0 Å². The molecular weight excluding hydrogens is 292 g/mol. The van der Waals surface area contributed by atoms with Gasteiger partial charge >= 0.3 is 0 Å². The van der Waals surface area contributed by atoms with Crippen molar-refractivity contribution >= 4 is 11.8 Å². The fourth-order valence-corrected chi connectivity index (χ4v) is 2.81. The van der Waals surface area contributed by atoms with Gasteiger partial charge in [0.25, 0.3) is 0 Å². The highest BCUT2D eigenvalue weighted by Crippen LogP contribution is 2.30. The lowest BCUT2D eigenvalue weighted by molar-refractivity contribution is 0.306. The predicted octanol–water partition coefficient (Wildman–Crippen LogP) is 5.12. The van der Waals surface area contributed by atoms with E-state index in [4.69, 9.17) is 4.74 Å². The largest absolute Gasteiger partial charge is 0.508 e. The normalized spacial score (nSPS) is 10.4. The molecule has 0 radical (unpaired) electrons. The van der Waals surface area contributed by atoms with Gasteiger partial charge in [0.15, 0.2) is 0 Å². The highest BCUT2D eigenvalue weighted by atomic mass is 32.2. The molecule has 0 aliphatic rings. The third-order valence-electron chi connectivity index (χ3n) is 3.14. The SMILES string of the molecule is Oc1ccc(Sc2ccc(OCc3ccccc3)cc2)cc1. The summed E-state index contributed by atoms with van der Waals surface area (Å²) in [6, 6.07) is 25.3. The lowest BCUT2D eigenvalue weighted by Crippen LogP contribution is -1.94. The molecule has 3 aromatic carbocycles. The second kappa shape index (κ2) is 7.05. The summed E-state index contributed by atoms with van der Waals surface area (Å²) in [4.78, 5) is 2.23. The monoisotopic (exact) mass is 308 g/mol. The molecule has 3 heteroatoms. The Bertz CT molecular complexity index is 707. The van der Waals surface area contributed by atoms with Crippen molar-refractivity contribution < 1.29 is 9.84 Å². The summed E-state index contributed by atoms with van der Waals surface area (Å²) in [5.74, 6) is 1.15. The van der Waals surface area contributed by atoms with E-state index in [1.165, 1.54) is 0 Å². The van der Waals surface area contributed by atoms with Crippen LogP contribution in [0.4, 0.5) is 0 Å². The smallest absolute Gasteiger partial charge is 0.119 e. The van der Waals surface area contributed by atoms with Crippen molar-refractivity contribution in [3.63, 3.8) is 0 Å². The summed E-state index contributed by atoms with van der Waals surface area (Å²) in [5.41, 5.74) is 1.16. The van der Waals surface area contributed by atoms with Crippen molar-refractivity contribution in [3.05, 3.63) is 84.4 Å². The average Bonchev–Trinajstić information content (AvgIpc) is 2.57. The van der Waals surface area contributed by atoms with E-state index < -0.39 is 0 Å². The molecular formula is C19H16O2S. The van der Waals surface area contributed by atoms with Gasteiger partial charge in [0.05, 0.1) is 0 Å². The van der Waals surface area contributed by atoms with Crippen LogP contribution in [0.15, 0.2) is 88.7 Å². The lowest BCUT2D eigenvalue weighted by Gasteiger charge is -2.07. The Hall–Kier alpha value is -2.39. The fraction of sp³-hybridized carbons (Fsp3) is 0.0526. The van der Waals surface area contributed by atoms with E-state index in [1.54, 1.807) is 23.9 Å². The van der Waals surface area contributed by atoms with E-state index in [2.05, 4.69) is 12.1 Å². The van der Waals surface area contributed by atoms with Gasteiger partial charge in [0.2, 0.25) is 0 Å². The molecule has 0 heterocycles. The summed E-state index contributed by atoms with van der Waals surface area (Å²) >= 11 is 1.65. The van der Waals surface area contributed by atoms with E-state index >= 15 is 0 Å². The van der Waals surface area contributed by atoms with Crippen LogP contribution in [-0.4, -0.2) is 5.11 Å². The molecule has 3 rings (SSSR count). The zero-order valence-corrected chi connectivity index (χ0v) is 12.8. The third-order valence-corrected chi connectivity index (χ3v) is 4.16. The minimum absolute atomic E-state index is 0.286. The summed E-state index contributed by atoms with van der Waals surface area (Å²) < 4.78 is 5.77. The van der Waals surface area contributed by atoms with E-state index in [0.29, 0.717) is 6.61 Å². The van der Waals surface area contributed by atoms with Gasteiger partial charge in [-0.25, -0.2) is 0 Å². The van der Waals surface area contributed by atoms with Crippen LogP contribution in [0, 0.1) is 0 Å². The molecule has 0 saturated carbocycles. The number of phenols is 1. The number of rotatable bonds is 5. The van der Waals surface area contributed by atoms with Gasteiger partial charge in [-0.3, -0.25) is 0 Å². The summed E-state index contributed by atoms with van der Waals surface area (Å²) in [5, 5.41) is 9.29. The van der Waals surface area contributed by atoms with Crippen LogP contribution in [0.2, 0.25) is 0 Å². The Balaban J connectivity index is 1.59. The minimum Gasteiger partial charge on any atom is -0.508 e. The van der Waals surface area contributed by atoms with Crippen LogP contribution >= 0.6 is 11.8 Å².